The number of amides is 1. The first-order chi connectivity index (χ1) is 13.7. The van der Waals surface area contributed by atoms with Gasteiger partial charge in [0.05, 0.1) is 16.9 Å². The predicted octanol–water partition coefficient (Wildman–Crippen LogP) is 4.28. The minimum absolute atomic E-state index is 0.0975. The molecule has 0 aliphatic carbocycles. The number of rotatable bonds is 5. The topological polar surface area (TPSA) is 64.0 Å². The predicted molar refractivity (Wildman–Crippen MR) is 112 cm³/mol. The van der Waals surface area contributed by atoms with Crippen LogP contribution in [-0.2, 0) is 11.3 Å². The highest BCUT2D eigenvalue weighted by molar-refractivity contribution is 7.13. The molecule has 0 bridgehead atoms. The number of thiophene rings is 1. The van der Waals surface area contributed by atoms with Gasteiger partial charge in [0.1, 0.15) is 6.54 Å². The van der Waals surface area contributed by atoms with E-state index in [1.165, 1.54) is 28.3 Å². The first-order valence-electron chi connectivity index (χ1n) is 8.75. The molecule has 5 nitrogen and oxygen atoms in total. The third kappa shape index (κ3) is 3.92. The number of nitrogens with one attached hydrogen (secondary N) is 1. The van der Waals surface area contributed by atoms with Gasteiger partial charge in [0, 0.05) is 17.3 Å². The largest absolute Gasteiger partial charge is 0.324 e. The van der Waals surface area contributed by atoms with E-state index in [9.17, 15) is 9.59 Å². The summed E-state index contributed by atoms with van der Waals surface area (Å²) in [5.41, 5.74) is 3.00. The number of carbonyl (C=O) groups is 1. The second-order valence-corrected chi connectivity index (χ2v) is 7.13. The maximum atomic E-state index is 12.5. The number of aromatic nitrogens is 2. The Labute approximate surface area is 165 Å². The second-order valence-electron chi connectivity index (χ2n) is 6.18. The normalized spacial score (nSPS) is 10.6. The van der Waals surface area contributed by atoms with Gasteiger partial charge in [0.15, 0.2) is 0 Å². The molecule has 0 radical (unpaired) electrons. The first kappa shape index (κ1) is 17.9. The summed E-state index contributed by atoms with van der Waals surface area (Å²) in [4.78, 5) is 30.1. The molecular formula is C22H17N3O2S. The molecule has 0 unspecified atom stereocenters. The van der Waals surface area contributed by atoms with Crippen molar-refractivity contribution in [3.8, 4) is 21.7 Å². The fourth-order valence-corrected chi connectivity index (χ4v) is 3.60. The fourth-order valence-electron chi connectivity index (χ4n) is 2.91. The molecule has 4 aromatic rings. The van der Waals surface area contributed by atoms with Crippen molar-refractivity contribution in [2.24, 2.45) is 0 Å². The standard InChI is InChI=1S/C22H17N3O2S/c26-21(14-25-15-23-19(13-22(25)27)20-11-6-12-28-20)24-18-10-5-4-9-17(18)16-7-2-1-3-8-16/h1-13,15H,14H2,(H,24,26). The molecule has 1 amide bonds. The zero-order chi connectivity index (χ0) is 19.3. The zero-order valence-electron chi connectivity index (χ0n) is 14.9. The van der Waals surface area contributed by atoms with Gasteiger partial charge in [0.25, 0.3) is 5.56 Å². The first-order valence-corrected chi connectivity index (χ1v) is 9.63. The summed E-state index contributed by atoms with van der Waals surface area (Å²) in [6.45, 7) is -0.0975. The molecule has 0 aliphatic heterocycles. The van der Waals surface area contributed by atoms with Gasteiger partial charge in [-0.25, -0.2) is 4.98 Å². The van der Waals surface area contributed by atoms with Gasteiger partial charge in [0.2, 0.25) is 5.91 Å². The molecule has 0 spiro atoms. The maximum Gasteiger partial charge on any atom is 0.254 e. The van der Waals surface area contributed by atoms with Crippen LogP contribution in [0.2, 0.25) is 0 Å². The molecule has 28 heavy (non-hydrogen) atoms. The van der Waals surface area contributed by atoms with Crippen LogP contribution in [0.25, 0.3) is 21.7 Å². The van der Waals surface area contributed by atoms with E-state index in [1.54, 1.807) is 0 Å². The molecular weight excluding hydrogens is 370 g/mol. The van der Waals surface area contributed by atoms with Gasteiger partial charge in [-0.1, -0.05) is 54.6 Å². The molecule has 2 aromatic carbocycles. The van der Waals surface area contributed by atoms with Crippen molar-refractivity contribution in [3.63, 3.8) is 0 Å². The monoisotopic (exact) mass is 387 g/mol. The highest BCUT2D eigenvalue weighted by atomic mass is 32.1. The molecule has 6 heteroatoms. The Bertz CT molecular complexity index is 1150. The lowest BCUT2D eigenvalue weighted by Gasteiger charge is -2.12. The van der Waals surface area contributed by atoms with E-state index in [4.69, 9.17) is 0 Å². The number of nitrogens with zero attached hydrogens (tertiary/aromatic N) is 2. The summed E-state index contributed by atoms with van der Waals surface area (Å²) in [6.07, 6.45) is 1.42. The minimum Gasteiger partial charge on any atom is -0.324 e. The average molecular weight is 387 g/mol. The quantitative estimate of drug-likeness (QED) is 0.556. The van der Waals surface area contributed by atoms with E-state index in [0.29, 0.717) is 11.4 Å². The van der Waals surface area contributed by atoms with Crippen LogP contribution < -0.4 is 10.9 Å². The lowest BCUT2D eigenvalue weighted by molar-refractivity contribution is -0.116. The Morgan fingerprint density at radius 2 is 1.79 bits per heavy atom. The molecule has 0 saturated carbocycles. The van der Waals surface area contributed by atoms with Crippen molar-refractivity contribution in [2.45, 2.75) is 6.54 Å². The Balaban J connectivity index is 1.52. The second kappa shape index (κ2) is 8.02. The van der Waals surface area contributed by atoms with E-state index in [2.05, 4.69) is 10.3 Å². The number of anilines is 1. The van der Waals surface area contributed by atoms with Gasteiger partial charge in [-0.2, -0.15) is 0 Å². The Hall–Kier alpha value is -3.51. The van der Waals surface area contributed by atoms with Crippen molar-refractivity contribution in [1.29, 1.82) is 0 Å². The van der Waals surface area contributed by atoms with Crippen molar-refractivity contribution >= 4 is 22.9 Å². The molecule has 0 atom stereocenters. The van der Waals surface area contributed by atoms with Crippen LogP contribution in [0.4, 0.5) is 5.69 Å². The third-order valence-corrected chi connectivity index (χ3v) is 5.15. The van der Waals surface area contributed by atoms with Crippen LogP contribution in [0.1, 0.15) is 0 Å². The summed E-state index contributed by atoms with van der Waals surface area (Å²) >= 11 is 1.52. The Kier molecular flexibility index (Phi) is 5.12. The molecule has 2 heterocycles. The number of hydrogen-bond donors (Lipinski definition) is 1. The van der Waals surface area contributed by atoms with Crippen LogP contribution in [-0.4, -0.2) is 15.5 Å². The number of benzene rings is 2. The van der Waals surface area contributed by atoms with E-state index in [0.717, 1.165) is 16.0 Å². The van der Waals surface area contributed by atoms with Gasteiger partial charge in [-0.15, -0.1) is 11.3 Å². The molecule has 2 aromatic heterocycles. The highest BCUT2D eigenvalue weighted by Gasteiger charge is 2.10. The van der Waals surface area contributed by atoms with Gasteiger partial charge < -0.3 is 5.32 Å². The number of carbonyl (C=O) groups excluding carboxylic acids is 1. The fraction of sp³-hybridized carbons (Fsp3) is 0.0455. The molecule has 0 saturated heterocycles. The van der Waals surface area contributed by atoms with Crippen LogP contribution in [0, 0.1) is 0 Å². The SMILES string of the molecule is O=C(Cn1cnc(-c2cccs2)cc1=O)Nc1ccccc1-c1ccccc1. The molecule has 0 aliphatic rings. The molecule has 0 fully saturated rings. The van der Waals surface area contributed by atoms with Crippen molar-refractivity contribution < 1.29 is 4.79 Å². The lowest BCUT2D eigenvalue weighted by atomic mass is 10.0. The Morgan fingerprint density at radius 3 is 2.54 bits per heavy atom. The summed E-state index contributed by atoms with van der Waals surface area (Å²) in [5, 5.41) is 4.83. The lowest BCUT2D eigenvalue weighted by Crippen LogP contribution is -2.27. The van der Waals surface area contributed by atoms with Crippen molar-refractivity contribution in [1.82, 2.24) is 9.55 Å². The zero-order valence-corrected chi connectivity index (χ0v) is 15.7. The smallest absolute Gasteiger partial charge is 0.254 e. The Morgan fingerprint density at radius 1 is 1.00 bits per heavy atom. The maximum absolute atomic E-state index is 12.5. The van der Waals surface area contributed by atoms with Crippen LogP contribution >= 0.6 is 11.3 Å². The molecule has 4 rings (SSSR count). The van der Waals surface area contributed by atoms with Crippen LogP contribution in [0.15, 0.2) is 89.3 Å². The van der Waals surface area contributed by atoms with Gasteiger partial charge in [-0.3, -0.25) is 14.2 Å². The molecule has 138 valence electrons. The minimum atomic E-state index is -0.281. The number of hydrogen-bond acceptors (Lipinski definition) is 4. The number of para-hydroxylation sites is 1. The van der Waals surface area contributed by atoms with Crippen LogP contribution in [0.5, 0.6) is 0 Å². The summed E-state index contributed by atoms with van der Waals surface area (Å²) < 4.78 is 1.30. The van der Waals surface area contributed by atoms with Crippen molar-refractivity contribution in [3.05, 3.63) is 94.9 Å². The molecule has 1 N–H and O–H groups in total. The van der Waals surface area contributed by atoms with Gasteiger partial charge in [-0.05, 0) is 23.1 Å². The van der Waals surface area contributed by atoms with E-state index >= 15 is 0 Å². The summed E-state index contributed by atoms with van der Waals surface area (Å²) in [5.74, 6) is -0.281. The van der Waals surface area contributed by atoms with Crippen molar-refractivity contribution in [2.75, 3.05) is 5.32 Å². The average Bonchev–Trinajstić information content (AvgIpc) is 3.25. The highest BCUT2D eigenvalue weighted by Crippen LogP contribution is 2.27. The van der Waals surface area contributed by atoms with E-state index in [1.807, 2.05) is 72.1 Å². The van der Waals surface area contributed by atoms with Crippen LogP contribution in [0.3, 0.4) is 0 Å². The van der Waals surface area contributed by atoms with Gasteiger partial charge >= 0.3 is 0 Å². The van der Waals surface area contributed by atoms with E-state index < -0.39 is 0 Å². The summed E-state index contributed by atoms with van der Waals surface area (Å²) in [7, 11) is 0. The summed E-state index contributed by atoms with van der Waals surface area (Å²) in [6, 6.07) is 22.7. The van der Waals surface area contributed by atoms with E-state index in [-0.39, 0.29) is 18.0 Å². The third-order valence-electron chi connectivity index (χ3n) is 4.25.